The van der Waals surface area contributed by atoms with Gasteiger partial charge in [0, 0.05) is 12.5 Å². The second kappa shape index (κ2) is 13.3. The van der Waals surface area contributed by atoms with Gasteiger partial charge in [-0.05, 0) is 40.3 Å². The van der Waals surface area contributed by atoms with Gasteiger partial charge in [-0.15, -0.1) is 0 Å². The minimum absolute atomic E-state index is 0.103. The van der Waals surface area contributed by atoms with Gasteiger partial charge in [-0.2, -0.15) is 0 Å². The molecule has 0 atom stereocenters. The summed E-state index contributed by atoms with van der Waals surface area (Å²) in [5.41, 5.74) is 0. The number of hydrogen-bond donors (Lipinski definition) is 1. The maximum Gasteiger partial charge on any atom is 0.162 e. The molecule has 0 amide bonds. The Hall–Kier alpha value is -0.200. The summed E-state index contributed by atoms with van der Waals surface area (Å²) in [6.45, 7) is 12.8. The number of unbranched alkanes of at least 4 members (excludes halogenated alkanes) is 1. The molecule has 0 aromatic carbocycles. The SMILES string of the molecule is CC.CN(CCCCC1COC(C)(C)OC1)CCOCCO. The van der Waals surface area contributed by atoms with Crippen LogP contribution >= 0.6 is 0 Å². The predicted molar refractivity (Wildman–Crippen MR) is 90.1 cm³/mol. The zero-order valence-corrected chi connectivity index (χ0v) is 15.3. The second-order valence-corrected chi connectivity index (χ2v) is 6.02. The number of aliphatic hydroxyl groups excluding tert-OH is 1. The van der Waals surface area contributed by atoms with Crippen LogP contribution in [-0.2, 0) is 14.2 Å². The van der Waals surface area contributed by atoms with Crippen LogP contribution in [0.4, 0.5) is 0 Å². The van der Waals surface area contributed by atoms with E-state index in [-0.39, 0.29) is 6.61 Å². The third-order valence-electron chi connectivity index (χ3n) is 3.59. The highest BCUT2D eigenvalue weighted by atomic mass is 16.7. The minimum atomic E-state index is -0.398. The van der Waals surface area contributed by atoms with Crippen molar-refractivity contribution in [3.63, 3.8) is 0 Å². The van der Waals surface area contributed by atoms with Gasteiger partial charge in [-0.25, -0.2) is 0 Å². The zero-order valence-electron chi connectivity index (χ0n) is 15.3. The van der Waals surface area contributed by atoms with E-state index in [1.807, 2.05) is 27.7 Å². The van der Waals surface area contributed by atoms with E-state index >= 15 is 0 Å². The normalized spacial score (nSPS) is 18.1. The summed E-state index contributed by atoms with van der Waals surface area (Å²) in [6.07, 6.45) is 3.57. The molecule has 0 aromatic heterocycles. The van der Waals surface area contributed by atoms with Crippen LogP contribution in [0.3, 0.4) is 0 Å². The van der Waals surface area contributed by atoms with Gasteiger partial charge in [0.15, 0.2) is 5.79 Å². The highest BCUT2D eigenvalue weighted by Crippen LogP contribution is 2.23. The van der Waals surface area contributed by atoms with Crippen LogP contribution in [0, 0.1) is 5.92 Å². The van der Waals surface area contributed by atoms with E-state index in [1.54, 1.807) is 0 Å². The molecule has 1 fully saturated rings. The maximum absolute atomic E-state index is 8.60. The van der Waals surface area contributed by atoms with Gasteiger partial charge in [0.1, 0.15) is 0 Å². The second-order valence-electron chi connectivity index (χ2n) is 6.02. The number of ether oxygens (including phenoxy) is 3. The summed E-state index contributed by atoms with van der Waals surface area (Å²) >= 11 is 0. The summed E-state index contributed by atoms with van der Waals surface area (Å²) in [4.78, 5) is 2.27. The molecule has 22 heavy (non-hydrogen) atoms. The highest BCUT2D eigenvalue weighted by Gasteiger charge is 2.27. The Kier molecular flexibility index (Phi) is 13.1. The predicted octanol–water partition coefficient (Wildman–Crippen LogP) is 2.52. The lowest BCUT2D eigenvalue weighted by molar-refractivity contribution is -0.262. The molecule has 1 rings (SSSR count). The number of likely N-dealkylation sites (N-methyl/N-ethyl adjacent to an activating group) is 1. The third kappa shape index (κ3) is 11.4. The molecule has 1 heterocycles. The molecule has 0 unspecified atom stereocenters. The van der Waals surface area contributed by atoms with Crippen LogP contribution in [0.5, 0.6) is 0 Å². The van der Waals surface area contributed by atoms with Crippen molar-refractivity contribution in [2.45, 2.75) is 52.7 Å². The molecule has 0 radical (unpaired) electrons. The molecule has 0 aliphatic carbocycles. The molecule has 5 heteroatoms. The fourth-order valence-corrected chi connectivity index (χ4v) is 2.21. The van der Waals surface area contributed by atoms with E-state index in [1.165, 1.54) is 19.3 Å². The average molecular weight is 319 g/mol. The van der Waals surface area contributed by atoms with Crippen molar-refractivity contribution in [3.8, 4) is 0 Å². The van der Waals surface area contributed by atoms with E-state index < -0.39 is 5.79 Å². The van der Waals surface area contributed by atoms with E-state index in [9.17, 15) is 0 Å². The average Bonchev–Trinajstić information content (AvgIpc) is 2.51. The summed E-state index contributed by atoms with van der Waals surface area (Å²) in [5.74, 6) is 0.145. The van der Waals surface area contributed by atoms with E-state index in [0.29, 0.717) is 19.1 Å². The van der Waals surface area contributed by atoms with Crippen LogP contribution in [0.2, 0.25) is 0 Å². The topological polar surface area (TPSA) is 51.2 Å². The van der Waals surface area contributed by atoms with Crippen molar-refractivity contribution in [1.82, 2.24) is 4.90 Å². The van der Waals surface area contributed by atoms with Crippen molar-refractivity contribution >= 4 is 0 Å². The zero-order chi connectivity index (χ0) is 16.8. The fraction of sp³-hybridized carbons (Fsp3) is 1.00. The van der Waals surface area contributed by atoms with Crippen molar-refractivity contribution < 1.29 is 19.3 Å². The van der Waals surface area contributed by atoms with Gasteiger partial charge in [0.25, 0.3) is 0 Å². The van der Waals surface area contributed by atoms with E-state index in [4.69, 9.17) is 19.3 Å². The first kappa shape index (κ1) is 21.8. The van der Waals surface area contributed by atoms with Gasteiger partial charge in [0.05, 0.1) is 33.0 Å². The highest BCUT2D eigenvalue weighted by molar-refractivity contribution is 4.68. The Balaban J connectivity index is 0.00000211. The lowest BCUT2D eigenvalue weighted by Gasteiger charge is -2.35. The Morgan fingerprint density at radius 2 is 1.73 bits per heavy atom. The van der Waals surface area contributed by atoms with Gasteiger partial charge < -0.3 is 24.2 Å². The molecule has 0 saturated carbocycles. The Morgan fingerprint density at radius 1 is 1.09 bits per heavy atom. The maximum atomic E-state index is 8.60. The van der Waals surface area contributed by atoms with Gasteiger partial charge in [-0.1, -0.05) is 20.3 Å². The van der Waals surface area contributed by atoms with Crippen LogP contribution in [-0.4, -0.2) is 69.0 Å². The van der Waals surface area contributed by atoms with Crippen LogP contribution in [0.1, 0.15) is 47.0 Å². The fourth-order valence-electron chi connectivity index (χ4n) is 2.21. The molecule has 1 aliphatic heterocycles. The summed E-state index contributed by atoms with van der Waals surface area (Å²) in [5, 5.41) is 8.60. The standard InChI is InChI=1S/C15H31NO4.C2H6/c1-15(2)19-12-14(13-20-15)6-4-5-7-16(3)8-10-18-11-9-17;1-2/h14,17H,4-13H2,1-3H3;1-2H3. The quantitative estimate of drug-likeness (QED) is 0.627. The summed E-state index contributed by atoms with van der Waals surface area (Å²) in [7, 11) is 2.11. The van der Waals surface area contributed by atoms with Crippen LogP contribution < -0.4 is 0 Å². The Morgan fingerprint density at radius 3 is 2.32 bits per heavy atom. The van der Waals surface area contributed by atoms with E-state index in [0.717, 1.165) is 26.3 Å². The summed E-state index contributed by atoms with van der Waals surface area (Å²) in [6, 6.07) is 0. The first-order valence-corrected chi connectivity index (χ1v) is 8.68. The van der Waals surface area contributed by atoms with Crippen molar-refractivity contribution in [2.75, 3.05) is 53.2 Å². The molecule has 0 spiro atoms. The van der Waals surface area contributed by atoms with Crippen molar-refractivity contribution in [1.29, 1.82) is 0 Å². The first-order chi connectivity index (χ1) is 10.5. The minimum Gasteiger partial charge on any atom is -0.394 e. The van der Waals surface area contributed by atoms with Crippen molar-refractivity contribution in [3.05, 3.63) is 0 Å². The van der Waals surface area contributed by atoms with Gasteiger partial charge in [0.2, 0.25) is 0 Å². The number of aliphatic hydroxyl groups is 1. The van der Waals surface area contributed by atoms with Crippen LogP contribution in [0.15, 0.2) is 0 Å². The number of hydrogen-bond acceptors (Lipinski definition) is 5. The molecule has 1 N–H and O–H groups in total. The molecule has 1 saturated heterocycles. The molecule has 0 aromatic rings. The van der Waals surface area contributed by atoms with E-state index in [2.05, 4.69) is 11.9 Å². The molecular weight excluding hydrogens is 282 g/mol. The smallest absolute Gasteiger partial charge is 0.162 e. The molecule has 5 nitrogen and oxygen atoms in total. The van der Waals surface area contributed by atoms with Gasteiger partial charge in [-0.3, -0.25) is 0 Å². The molecule has 1 aliphatic rings. The molecular formula is C17H37NO4. The number of nitrogens with zero attached hydrogens (tertiary/aromatic N) is 1. The molecule has 0 bridgehead atoms. The van der Waals surface area contributed by atoms with Crippen LogP contribution in [0.25, 0.3) is 0 Å². The third-order valence-corrected chi connectivity index (χ3v) is 3.59. The lowest BCUT2D eigenvalue weighted by atomic mass is 10.0. The lowest BCUT2D eigenvalue weighted by Crippen LogP contribution is -2.39. The Labute approximate surface area is 136 Å². The number of rotatable bonds is 10. The summed E-state index contributed by atoms with van der Waals surface area (Å²) < 4.78 is 16.6. The van der Waals surface area contributed by atoms with Gasteiger partial charge >= 0.3 is 0 Å². The largest absolute Gasteiger partial charge is 0.394 e. The monoisotopic (exact) mass is 319 g/mol. The first-order valence-electron chi connectivity index (χ1n) is 8.68. The van der Waals surface area contributed by atoms with Crippen molar-refractivity contribution in [2.24, 2.45) is 5.92 Å². The molecule has 134 valence electrons. The Bertz CT molecular complexity index is 239.